The Balaban J connectivity index is 2.41. The predicted octanol–water partition coefficient (Wildman–Crippen LogP) is 3.72. The zero-order valence-corrected chi connectivity index (χ0v) is 10.2. The first-order chi connectivity index (χ1) is 7.44. The zero-order chi connectivity index (χ0) is 11.8. The van der Waals surface area contributed by atoms with E-state index in [2.05, 4.69) is 30.1 Å². The minimum atomic E-state index is -0.203. The third-order valence-electron chi connectivity index (χ3n) is 2.23. The molecule has 0 aliphatic carbocycles. The van der Waals surface area contributed by atoms with Crippen molar-refractivity contribution in [3.63, 3.8) is 0 Å². The quantitative estimate of drug-likeness (QED) is 0.723. The van der Waals surface area contributed by atoms with E-state index in [0.717, 1.165) is 10.9 Å². The van der Waals surface area contributed by atoms with Gasteiger partial charge < -0.3 is 4.74 Å². The molecule has 1 heterocycles. The van der Waals surface area contributed by atoms with Gasteiger partial charge in [-0.05, 0) is 45.9 Å². The van der Waals surface area contributed by atoms with Gasteiger partial charge in [-0.1, -0.05) is 11.6 Å². The fourth-order valence-corrected chi connectivity index (χ4v) is 1.60. The van der Waals surface area contributed by atoms with Gasteiger partial charge in [0.15, 0.2) is 0 Å². The number of benzene rings is 1. The predicted molar refractivity (Wildman–Crippen MR) is 66.9 cm³/mol. The maximum absolute atomic E-state index is 5.73. The monoisotopic (exact) mass is 215 g/mol. The summed E-state index contributed by atoms with van der Waals surface area (Å²) in [5, 5.41) is 1.15. The first-order valence-electron chi connectivity index (χ1n) is 5.50. The average Bonchev–Trinajstić information content (AvgIpc) is 2.16. The van der Waals surface area contributed by atoms with E-state index in [4.69, 9.17) is 4.74 Å². The normalized spacial score (nSPS) is 11.8. The van der Waals surface area contributed by atoms with Crippen molar-refractivity contribution in [2.24, 2.45) is 0 Å². The number of ether oxygens (including phenoxy) is 1. The molecule has 0 N–H and O–H groups in total. The van der Waals surface area contributed by atoms with Gasteiger partial charge in [-0.25, -0.2) is 4.98 Å². The van der Waals surface area contributed by atoms with Gasteiger partial charge in [-0.2, -0.15) is 0 Å². The molecule has 0 saturated heterocycles. The van der Waals surface area contributed by atoms with Crippen LogP contribution < -0.4 is 4.74 Å². The largest absolute Gasteiger partial charge is 0.472 e. The smallest absolute Gasteiger partial charge is 0.214 e. The lowest BCUT2D eigenvalue weighted by molar-refractivity contribution is 0.124. The molecule has 0 aliphatic rings. The molecule has 2 rings (SSSR count). The second-order valence-corrected chi connectivity index (χ2v) is 5.06. The highest BCUT2D eigenvalue weighted by Gasteiger charge is 2.12. The standard InChI is InChI=1S/C14H17NO/c1-10-5-7-12-11(9-10)6-8-13(15-12)16-14(2,3)4/h5-9H,1-4H3. The summed E-state index contributed by atoms with van der Waals surface area (Å²) in [5.41, 5.74) is 2.02. The lowest BCUT2D eigenvalue weighted by Gasteiger charge is -2.20. The third-order valence-corrected chi connectivity index (χ3v) is 2.23. The number of pyridine rings is 1. The molecule has 0 atom stereocenters. The molecule has 0 saturated carbocycles. The first kappa shape index (κ1) is 10.9. The number of fused-ring (bicyclic) bond motifs is 1. The Morgan fingerprint density at radius 2 is 1.81 bits per heavy atom. The Labute approximate surface area is 96.3 Å². The Morgan fingerprint density at radius 1 is 1.06 bits per heavy atom. The summed E-state index contributed by atoms with van der Waals surface area (Å²) in [7, 11) is 0. The van der Waals surface area contributed by atoms with E-state index >= 15 is 0 Å². The van der Waals surface area contributed by atoms with E-state index in [9.17, 15) is 0 Å². The minimum Gasteiger partial charge on any atom is -0.472 e. The number of aromatic nitrogens is 1. The van der Waals surface area contributed by atoms with E-state index in [1.165, 1.54) is 5.56 Å². The van der Waals surface area contributed by atoms with Gasteiger partial charge in [0, 0.05) is 11.5 Å². The van der Waals surface area contributed by atoms with Crippen molar-refractivity contribution in [2.45, 2.75) is 33.3 Å². The minimum absolute atomic E-state index is 0.203. The van der Waals surface area contributed by atoms with Gasteiger partial charge >= 0.3 is 0 Å². The lowest BCUT2D eigenvalue weighted by atomic mass is 10.1. The number of hydrogen-bond donors (Lipinski definition) is 0. The molecule has 84 valence electrons. The molecule has 16 heavy (non-hydrogen) atoms. The Bertz CT molecular complexity index is 512. The van der Waals surface area contributed by atoms with Gasteiger partial charge in [0.25, 0.3) is 0 Å². The van der Waals surface area contributed by atoms with Gasteiger partial charge in [0.05, 0.1) is 5.52 Å². The maximum Gasteiger partial charge on any atom is 0.214 e. The molecule has 0 unspecified atom stereocenters. The van der Waals surface area contributed by atoms with Crippen LogP contribution in [-0.2, 0) is 0 Å². The summed E-state index contributed by atoms with van der Waals surface area (Å²) in [6.07, 6.45) is 0. The molecular weight excluding hydrogens is 198 g/mol. The highest BCUT2D eigenvalue weighted by Crippen LogP contribution is 2.20. The van der Waals surface area contributed by atoms with Crippen LogP contribution in [-0.4, -0.2) is 10.6 Å². The molecule has 0 spiro atoms. The maximum atomic E-state index is 5.73. The van der Waals surface area contributed by atoms with Crippen LogP contribution in [0, 0.1) is 6.92 Å². The molecule has 2 nitrogen and oxygen atoms in total. The number of rotatable bonds is 1. The zero-order valence-electron chi connectivity index (χ0n) is 10.2. The van der Waals surface area contributed by atoms with Crippen LogP contribution in [0.15, 0.2) is 30.3 Å². The molecule has 0 aliphatic heterocycles. The van der Waals surface area contributed by atoms with Crippen molar-refractivity contribution >= 4 is 10.9 Å². The van der Waals surface area contributed by atoms with Crippen LogP contribution in [0.25, 0.3) is 10.9 Å². The van der Waals surface area contributed by atoms with Crippen molar-refractivity contribution < 1.29 is 4.74 Å². The van der Waals surface area contributed by atoms with Crippen LogP contribution in [0.1, 0.15) is 26.3 Å². The lowest BCUT2D eigenvalue weighted by Crippen LogP contribution is -2.23. The summed E-state index contributed by atoms with van der Waals surface area (Å²) >= 11 is 0. The molecule has 0 bridgehead atoms. The van der Waals surface area contributed by atoms with Gasteiger partial charge in [0.1, 0.15) is 5.60 Å². The number of hydrogen-bond acceptors (Lipinski definition) is 2. The summed E-state index contributed by atoms with van der Waals surface area (Å²) < 4.78 is 5.73. The Kier molecular flexibility index (Phi) is 2.58. The molecule has 1 aromatic heterocycles. The third kappa shape index (κ3) is 2.51. The van der Waals surface area contributed by atoms with E-state index < -0.39 is 0 Å². The Hall–Kier alpha value is -1.57. The van der Waals surface area contributed by atoms with E-state index in [0.29, 0.717) is 5.88 Å². The van der Waals surface area contributed by atoms with Crippen molar-refractivity contribution in [3.8, 4) is 5.88 Å². The van der Waals surface area contributed by atoms with Crippen molar-refractivity contribution in [1.82, 2.24) is 4.98 Å². The average molecular weight is 215 g/mol. The van der Waals surface area contributed by atoms with Gasteiger partial charge in [0.2, 0.25) is 5.88 Å². The molecule has 1 aromatic carbocycles. The molecule has 0 amide bonds. The molecule has 2 heteroatoms. The van der Waals surface area contributed by atoms with Crippen LogP contribution in [0.3, 0.4) is 0 Å². The van der Waals surface area contributed by atoms with Crippen molar-refractivity contribution in [3.05, 3.63) is 35.9 Å². The fraction of sp³-hybridized carbons (Fsp3) is 0.357. The Morgan fingerprint density at radius 3 is 2.50 bits per heavy atom. The highest BCUT2D eigenvalue weighted by atomic mass is 16.5. The molecule has 0 radical (unpaired) electrons. The second kappa shape index (κ2) is 3.78. The van der Waals surface area contributed by atoms with Crippen molar-refractivity contribution in [2.75, 3.05) is 0 Å². The van der Waals surface area contributed by atoms with E-state index in [1.807, 2.05) is 32.9 Å². The second-order valence-electron chi connectivity index (χ2n) is 5.06. The van der Waals surface area contributed by atoms with Crippen LogP contribution >= 0.6 is 0 Å². The van der Waals surface area contributed by atoms with Crippen LogP contribution in [0.2, 0.25) is 0 Å². The van der Waals surface area contributed by atoms with Crippen LogP contribution in [0.5, 0.6) is 5.88 Å². The van der Waals surface area contributed by atoms with Crippen molar-refractivity contribution in [1.29, 1.82) is 0 Å². The number of aryl methyl sites for hydroxylation is 1. The topological polar surface area (TPSA) is 22.1 Å². The highest BCUT2D eigenvalue weighted by molar-refractivity contribution is 5.79. The van der Waals surface area contributed by atoms with E-state index in [1.54, 1.807) is 0 Å². The summed E-state index contributed by atoms with van der Waals surface area (Å²) in [6.45, 7) is 8.15. The van der Waals surface area contributed by atoms with Gasteiger partial charge in [-0.3, -0.25) is 0 Å². The summed E-state index contributed by atoms with van der Waals surface area (Å²) in [4.78, 5) is 4.48. The van der Waals surface area contributed by atoms with Gasteiger partial charge in [-0.15, -0.1) is 0 Å². The summed E-state index contributed by atoms with van der Waals surface area (Å²) in [5.74, 6) is 0.684. The SMILES string of the molecule is Cc1ccc2nc(OC(C)(C)C)ccc2c1. The van der Waals surface area contributed by atoms with Crippen LogP contribution in [0.4, 0.5) is 0 Å². The number of nitrogens with zero attached hydrogens (tertiary/aromatic N) is 1. The first-order valence-corrected chi connectivity index (χ1v) is 5.50. The summed E-state index contributed by atoms with van der Waals surface area (Å²) in [6, 6.07) is 10.2. The molecule has 2 aromatic rings. The fourth-order valence-electron chi connectivity index (χ4n) is 1.60. The van der Waals surface area contributed by atoms with E-state index in [-0.39, 0.29) is 5.60 Å². The molecule has 0 fully saturated rings. The molecular formula is C14H17NO.